The van der Waals surface area contributed by atoms with E-state index < -0.39 is 6.04 Å². The fourth-order valence-corrected chi connectivity index (χ4v) is 4.80. The van der Waals surface area contributed by atoms with Crippen LogP contribution in [0.2, 0.25) is 0 Å². The van der Waals surface area contributed by atoms with Crippen molar-refractivity contribution in [3.63, 3.8) is 0 Å². The van der Waals surface area contributed by atoms with Crippen LogP contribution in [0, 0.1) is 0 Å². The number of amides is 2. The first kappa shape index (κ1) is 26.6. The molecule has 0 spiro atoms. The number of carbonyl (C=O) groups is 2. The van der Waals surface area contributed by atoms with Gasteiger partial charge in [0.25, 0.3) is 0 Å². The van der Waals surface area contributed by atoms with Gasteiger partial charge < -0.3 is 10.2 Å². The number of nitrogens with zero attached hydrogens (tertiary/aromatic N) is 1. The van der Waals surface area contributed by atoms with Crippen LogP contribution in [0.1, 0.15) is 42.9 Å². The van der Waals surface area contributed by atoms with Gasteiger partial charge in [0.05, 0.1) is 0 Å². The Labute approximate surface area is 214 Å². The third-order valence-electron chi connectivity index (χ3n) is 5.87. The van der Waals surface area contributed by atoms with Gasteiger partial charge in [0.2, 0.25) is 11.8 Å². The molecule has 0 heterocycles. The van der Waals surface area contributed by atoms with E-state index in [4.69, 9.17) is 0 Å². The first-order valence-electron chi connectivity index (χ1n) is 12.4. The molecule has 0 saturated heterocycles. The Kier molecular flexibility index (Phi) is 11.4. The molecule has 1 N–H and O–H groups in total. The van der Waals surface area contributed by atoms with Gasteiger partial charge in [0.1, 0.15) is 6.04 Å². The van der Waals surface area contributed by atoms with Crippen molar-refractivity contribution >= 4 is 23.6 Å². The SMILES string of the molecule is CCCCNC(=O)[C@H](Cc1ccccc1)N(Cc1ccccc1)C(=O)CCSCc1ccccc1. The molecule has 3 rings (SSSR count). The Balaban J connectivity index is 1.75. The second kappa shape index (κ2) is 15.0. The van der Waals surface area contributed by atoms with Crippen LogP contribution in [-0.2, 0) is 28.3 Å². The third kappa shape index (κ3) is 9.25. The fourth-order valence-electron chi connectivity index (χ4n) is 3.91. The fraction of sp³-hybridized carbons (Fsp3) is 0.333. The molecule has 3 aromatic rings. The smallest absolute Gasteiger partial charge is 0.243 e. The average molecular weight is 489 g/mol. The average Bonchev–Trinajstić information content (AvgIpc) is 2.90. The zero-order chi connectivity index (χ0) is 24.7. The highest BCUT2D eigenvalue weighted by Crippen LogP contribution is 2.18. The lowest BCUT2D eigenvalue weighted by atomic mass is 10.0. The monoisotopic (exact) mass is 488 g/mol. The summed E-state index contributed by atoms with van der Waals surface area (Å²) < 4.78 is 0. The molecule has 0 aromatic heterocycles. The van der Waals surface area contributed by atoms with E-state index >= 15 is 0 Å². The molecule has 0 bridgehead atoms. The van der Waals surface area contributed by atoms with Gasteiger partial charge in [0, 0.05) is 37.4 Å². The molecule has 2 amide bonds. The number of nitrogens with one attached hydrogen (secondary N) is 1. The zero-order valence-electron chi connectivity index (χ0n) is 20.6. The highest BCUT2D eigenvalue weighted by atomic mass is 32.2. The molecule has 35 heavy (non-hydrogen) atoms. The van der Waals surface area contributed by atoms with Crippen LogP contribution in [-0.4, -0.2) is 35.1 Å². The highest BCUT2D eigenvalue weighted by molar-refractivity contribution is 7.98. The summed E-state index contributed by atoms with van der Waals surface area (Å²) in [4.78, 5) is 28.7. The standard InChI is InChI=1S/C30H36N2O2S/c1-2-3-20-31-30(34)28(22-25-13-7-4-8-14-25)32(23-26-15-9-5-10-16-26)29(33)19-21-35-24-27-17-11-6-12-18-27/h4-18,28H,2-3,19-24H2,1H3,(H,31,34)/t28-/m0/s1. The van der Waals surface area contributed by atoms with Crippen molar-refractivity contribution in [2.75, 3.05) is 12.3 Å². The van der Waals surface area contributed by atoms with Gasteiger partial charge in [-0.15, -0.1) is 0 Å². The Bertz CT molecular complexity index is 1010. The van der Waals surface area contributed by atoms with Crippen LogP contribution in [0.25, 0.3) is 0 Å². The van der Waals surface area contributed by atoms with Gasteiger partial charge in [0.15, 0.2) is 0 Å². The van der Waals surface area contributed by atoms with E-state index in [1.54, 1.807) is 16.7 Å². The third-order valence-corrected chi connectivity index (χ3v) is 6.90. The number of carbonyl (C=O) groups excluding carboxylic acids is 2. The number of hydrogen-bond acceptors (Lipinski definition) is 3. The summed E-state index contributed by atoms with van der Waals surface area (Å²) in [5, 5.41) is 3.08. The summed E-state index contributed by atoms with van der Waals surface area (Å²) in [5.41, 5.74) is 3.33. The molecule has 3 aromatic carbocycles. The predicted molar refractivity (Wildman–Crippen MR) is 146 cm³/mol. The molecular formula is C30H36N2O2S. The zero-order valence-corrected chi connectivity index (χ0v) is 21.4. The van der Waals surface area contributed by atoms with Crippen LogP contribution < -0.4 is 5.32 Å². The molecule has 0 aliphatic rings. The second-order valence-electron chi connectivity index (χ2n) is 8.65. The van der Waals surface area contributed by atoms with E-state index in [2.05, 4.69) is 24.4 Å². The molecule has 0 unspecified atom stereocenters. The summed E-state index contributed by atoms with van der Waals surface area (Å²) in [6.45, 7) is 3.15. The topological polar surface area (TPSA) is 49.4 Å². The predicted octanol–water partition coefficient (Wildman–Crippen LogP) is 5.87. The van der Waals surface area contributed by atoms with Crippen LogP contribution in [0.5, 0.6) is 0 Å². The van der Waals surface area contributed by atoms with Gasteiger partial charge in [-0.2, -0.15) is 11.8 Å². The highest BCUT2D eigenvalue weighted by Gasteiger charge is 2.29. The van der Waals surface area contributed by atoms with Crippen molar-refractivity contribution in [1.82, 2.24) is 10.2 Å². The Hall–Kier alpha value is -3.05. The normalized spacial score (nSPS) is 11.6. The van der Waals surface area contributed by atoms with Crippen LogP contribution in [0.4, 0.5) is 0 Å². The van der Waals surface area contributed by atoms with Gasteiger partial charge in [-0.1, -0.05) is 104 Å². The molecule has 184 valence electrons. The molecule has 0 radical (unpaired) electrons. The Morgan fingerprint density at radius 2 is 1.40 bits per heavy atom. The van der Waals surface area contributed by atoms with Gasteiger partial charge in [-0.25, -0.2) is 0 Å². The lowest BCUT2D eigenvalue weighted by Crippen LogP contribution is -2.50. The van der Waals surface area contributed by atoms with Crippen molar-refractivity contribution in [2.45, 2.75) is 50.9 Å². The Morgan fingerprint density at radius 3 is 2.00 bits per heavy atom. The summed E-state index contributed by atoms with van der Waals surface area (Å²) in [5.74, 6) is 1.52. The maximum Gasteiger partial charge on any atom is 0.243 e. The summed E-state index contributed by atoms with van der Waals surface area (Å²) >= 11 is 1.75. The van der Waals surface area contributed by atoms with E-state index in [1.165, 1.54) is 5.56 Å². The van der Waals surface area contributed by atoms with Crippen molar-refractivity contribution < 1.29 is 9.59 Å². The number of unbranched alkanes of at least 4 members (excludes halogenated alkanes) is 1. The molecular weight excluding hydrogens is 452 g/mol. The minimum atomic E-state index is -0.555. The van der Waals surface area contributed by atoms with E-state index in [9.17, 15) is 9.59 Å². The molecule has 0 aliphatic heterocycles. The minimum absolute atomic E-state index is 0.0148. The quantitative estimate of drug-likeness (QED) is 0.289. The summed E-state index contributed by atoms with van der Waals surface area (Å²) in [6, 6.07) is 29.6. The van der Waals surface area contributed by atoms with Crippen molar-refractivity contribution in [3.05, 3.63) is 108 Å². The number of rotatable bonds is 14. The first-order valence-corrected chi connectivity index (χ1v) is 13.6. The molecule has 5 heteroatoms. The minimum Gasteiger partial charge on any atom is -0.354 e. The maximum atomic E-state index is 13.6. The summed E-state index contributed by atoms with van der Waals surface area (Å²) in [7, 11) is 0. The lowest BCUT2D eigenvalue weighted by molar-refractivity contribution is -0.141. The van der Waals surface area contributed by atoms with Crippen LogP contribution >= 0.6 is 11.8 Å². The Morgan fingerprint density at radius 1 is 0.829 bits per heavy atom. The van der Waals surface area contributed by atoms with Crippen molar-refractivity contribution in [2.24, 2.45) is 0 Å². The molecule has 0 aliphatic carbocycles. The van der Waals surface area contributed by atoms with Crippen molar-refractivity contribution in [3.8, 4) is 0 Å². The largest absolute Gasteiger partial charge is 0.354 e. The van der Waals surface area contributed by atoms with Crippen molar-refractivity contribution in [1.29, 1.82) is 0 Å². The second-order valence-corrected chi connectivity index (χ2v) is 9.75. The van der Waals surface area contributed by atoms with Gasteiger partial charge in [-0.3, -0.25) is 9.59 Å². The van der Waals surface area contributed by atoms with E-state index in [1.807, 2.05) is 78.9 Å². The van der Waals surface area contributed by atoms with Gasteiger partial charge >= 0.3 is 0 Å². The van der Waals surface area contributed by atoms with E-state index in [-0.39, 0.29) is 11.8 Å². The number of thioether (sulfide) groups is 1. The maximum absolute atomic E-state index is 13.6. The number of benzene rings is 3. The lowest BCUT2D eigenvalue weighted by Gasteiger charge is -2.31. The molecule has 4 nitrogen and oxygen atoms in total. The molecule has 0 fully saturated rings. The molecule has 0 saturated carbocycles. The number of hydrogen-bond donors (Lipinski definition) is 1. The first-order chi connectivity index (χ1) is 17.2. The van der Waals surface area contributed by atoms with Crippen LogP contribution in [0.3, 0.4) is 0 Å². The van der Waals surface area contributed by atoms with Gasteiger partial charge in [-0.05, 0) is 23.1 Å². The van der Waals surface area contributed by atoms with Crippen LogP contribution in [0.15, 0.2) is 91.0 Å². The van der Waals surface area contributed by atoms with E-state index in [0.717, 1.165) is 29.7 Å². The van der Waals surface area contributed by atoms with E-state index in [0.29, 0.717) is 31.7 Å². The summed E-state index contributed by atoms with van der Waals surface area (Å²) in [6.07, 6.45) is 2.83. The molecule has 1 atom stereocenters.